The first kappa shape index (κ1) is 21.5. The molecule has 2 fully saturated rings. The number of benzene rings is 1. The minimum Gasteiger partial charge on any atom is -0.392 e. The first-order chi connectivity index (χ1) is 16.3. The van der Waals surface area contributed by atoms with Gasteiger partial charge in [0.25, 0.3) is 0 Å². The van der Waals surface area contributed by atoms with Crippen molar-refractivity contribution in [2.45, 2.75) is 55.2 Å². The lowest BCUT2D eigenvalue weighted by Crippen LogP contribution is -2.38. The largest absolute Gasteiger partial charge is 0.392 e. The average Bonchev–Trinajstić information content (AvgIpc) is 3.40. The van der Waals surface area contributed by atoms with Crippen LogP contribution in [0, 0.1) is 0 Å². The van der Waals surface area contributed by atoms with Crippen LogP contribution in [-0.2, 0) is 16.4 Å². The molecule has 3 aromatic heterocycles. The van der Waals surface area contributed by atoms with E-state index in [9.17, 15) is 13.5 Å². The summed E-state index contributed by atoms with van der Waals surface area (Å²) in [5.74, 6) is 0.117. The highest BCUT2D eigenvalue weighted by Crippen LogP contribution is 2.41. The number of piperidine rings is 1. The summed E-state index contributed by atoms with van der Waals surface area (Å²) in [6, 6.07) is 8.40. The van der Waals surface area contributed by atoms with Crippen LogP contribution in [0.3, 0.4) is 0 Å². The van der Waals surface area contributed by atoms with Crippen molar-refractivity contribution in [3.63, 3.8) is 0 Å². The van der Waals surface area contributed by atoms with Crippen LogP contribution in [0.5, 0.6) is 0 Å². The van der Waals surface area contributed by atoms with E-state index in [1.807, 2.05) is 24.3 Å². The molecule has 5 heterocycles. The Morgan fingerprint density at radius 3 is 2.65 bits per heavy atom. The van der Waals surface area contributed by atoms with Crippen molar-refractivity contribution in [3.05, 3.63) is 47.9 Å². The van der Waals surface area contributed by atoms with Crippen LogP contribution in [0.25, 0.3) is 27.7 Å². The highest BCUT2D eigenvalue weighted by molar-refractivity contribution is 7.91. The molecule has 2 aliphatic heterocycles. The van der Waals surface area contributed by atoms with Gasteiger partial charge in [-0.3, -0.25) is 4.98 Å². The smallest absolute Gasteiger partial charge is 0.180 e. The van der Waals surface area contributed by atoms with Gasteiger partial charge in [-0.2, -0.15) is 9.61 Å². The van der Waals surface area contributed by atoms with Crippen LogP contribution in [0.4, 0.5) is 5.82 Å². The fraction of sp³-hybridized carbons (Fsp3) is 0.375. The number of rotatable bonds is 4. The second kappa shape index (κ2) is 7.72. The SMILES string of the molecule is CS(=O)(=O)c1c(C2C[C@H]3CC[C@@H](C2)N3)nc2c(-c3cnc4cc(CO)ccc4c3)cnn2c1N. The lowest BCUT2D eigenvalue weighted by atomic mass is 9.89. The molecule has 0 spiro atoms. The zero-order valence-corrected chi connectivity index (χ0v) is 19.6. The highest BCUT2D eigenvalue weighted by Gasteiger charge is 2.38. The number of sulfone groups is 1. The first-order valence-electron chi connectivity index (χ1n) is 11.4. The Morgan fingerprint density at radius 2 is 1.94 bits per heavy atom. The molecule has 6 rings (SSSR count). The van der Waals surface area contributed by atoms with Crippen molar-refractivity contribution in [1.82, 2.24) is 24.9 Å². The number of hydrogen-bond donors (Lipinski definition) is 3. The van der Waals surface area contributed by atoms with Gasteiger partial charge >= 0.3 is 0 Å². The van der Waals surface area contributed by atoms with E-state index < -0.39 is 9.84 Å². The third-order valence-electron chi connectivity index (χ3n) is 7.14. The molecule has 4 aromatic rings. The number of fused-ring (bicyclic) bond motifs is 4. The van der Waals surface area contributed by atoms with Crippen molar-refractivity contribution >= 4 is 32.2 Å². The number of nitrogens with two attached hydrogens (primary N) is 1. The summed E-state index contributed by atoms with van der Waals surface area (Å²) in [6.45, 7) is -0.0412. The predicted octanol–water partition coefficient (Wildman–Crippen LogP) is 2.42. The summed E-state index contributed by atoms with van der Waals surface area (Å²) >= 11 is 0. The van der Waals surface area contributed by atoms with E-state index in [1.165, 1.54) is 10.8 Å². The molecule has 3 atom stereocenters. The van der Waals surface area contributed by atoms with Gasteiger partial charge in [0.05, 0.1) is 24.0 Å². The van der Waals surface area contributed by atoms with Crippen molar-refractivity contribution in [3.8, 4) is 11.1 Å². The number of aliphatic hydroxyl groups is 1. The number of nitrogens with one attached hydrogen (secondary N) is 1. The molecular weight excluding hydrogens is 452 g/mol. The minimum absolute atomic E-state index is 0.0187. The molecule has 0 radical (unpaired) electrons. The van der Waals surface area contributed by atoms with Gasteiger partial charge in [-0.1, -0.05) is 12.1 Å². The summed E-state index contributed by atoms with van der Waals surface area (Å²) < 4.78 is 27.0. The quantitative estimate of drug-likeness (QED) is 0.407. The van der Waals surface area contributed by atoms with Gasteiger partial charge in [-0.25, -0.2) is 13.4 Å². The Bertz CT molecular complexity index is 1540. The zero-order valence-electron chi connectivity index (χ0n) is 18.8. The van der Waals surface area contributed by atoms with Gasteiger partial charge in [-0.15, -0.1) is 0 Å². The van der Waals surface area contributed by atoms with E-state index in [0.717, 1.165) is 53.3 Å². The number of anilines is 1. The van der Waals surface area contributed by atoms with Gasteiger partial charge in [0.15, 0.2) is 15.5 Å². The van der Waals surface area contributed by atoms with Crippen LogP contribution in [0.15, 0.2) is 41.6 Å². The van der Waals surface area contributed by atoms with Crippen molar-refractivity contribution in [2.75, 3.05) is 12.0 Å². The summed E-state index contributed by atoms with van der Waals surface area (Å²) in [5.41, 5.74) is 10.7. The fourth-order valence-corrected chi connectivity index (χ4v) is 6.63. The molecule has 34 heavy (non-hydrogen) atoms. The molecule has 2 aliphatic rings. The molecule has 2 saturated heterocycles. The van der Waals surface area contributed by atoms with E-state index in [-0.39, 0.29) is 23.2 Å². The van der Waals surface area contributed by atoms with Crippen LogP contribution < -0.4 is 11.1 Å². The number of aromatic nitrogens is 4. The monoisotopic (exact) mass is 478 g/mol. The number of nitrogens with zero attached hydrogens (tertiary/aromatic N) is 4. The summed E-state index contributed by atoms with van der Waals surface area (Å²) in [4.78, 5) is 9.57. The normalized spacial score (nSPS) is 22.6. The van der Waals surface area contributed by atoms with Crippen molar-refractivity contribution < 1.29 is 13.5 Å². The number of nitrogen functional groups attached to an aromatic ring is 1. The minimum atomic E-state index is -3.61. The molecule has 0 saturated carbocycles. The lowest BCUT2D eigenvalue weighted by Gasteiger charge is -2.30. The van der Waals surface area contributed by atoms with Crippen LogP contribution in [-0.4, -0.2) is 51.4 Å². The lowest BCUT2D eigenvalue weighted by molar-refractivity contribution is 0.282. The molecule has 9 nitrogen and oxygen atoms in total. The Balaban J connectivity index is 1.53. The van der Waals surface area contributed by atoms with E-state index >= 15 is 0 Å². The van der Waals surface area contributed by atoms with Gasteiger partial charge in [0.1, 0.15) is 10.7 Å². The maximum Gasteiger partial charge on any atom is 0.180 e. The number of hydrogen-bond acceptors (Lipinski definition) is 8. The summed E-state index contributed by atoms with van der Waals surface area (Å²) in [5, 5.41) is 18.3. The molecule has 2 bridgehead atoms. The maximum absolute atomic E-state index is 12.8. The third kappa shape index (κ3) is 3.44. The van der Waals surface area contributed by atoms with Gasteiger partial charge in [0.2, 0.25) is 0 Å². The predicted molar refractivity (Wildman–Crippen MR) is 129 cm³/mol. The molecule has 1 aromatic carbocycles. The fourth-order valence-electron chi connectivity index (χ4n) is 5.57. The van der Waals surface area contributed by atoms with Gasteiger partial charge in [-0.05, 0) is 43.4 Å². The summed E-state index contributed by atoms with van der Waals surface area (Å²) in [7, 11) is -3.61. The van der Waals surface area contributed by atoms with E-state index in [2.05, 4.69) is 15.4 Å². The molecular formula is C24H26N6O3S. The Kier molecular flexibility index (Phi) is 4.87. The second-order valence-corrected chi connectivity index (χ2v) is 11.4. The molecule has 0 aliphatic carbocycles. The van der Waals surface area contributed by atoms with E-state index in [1.54, 1.807) is 12.4 Å². The van der Waals surface area contributed by atoms with E-state index in [0.29, 0.717) is 23.4 Å². The van der Waals surface area contributed by atoms with E-state index in [4.69, 9.17) is 10.7 Å². The van der Waals surface area contributed by atoms with Crippen LogP contribution in [0.2, 0.25) is 0 Å². The van der Waals surface area contributed by atoms with Crippen molar-refractivity contribution in [1.29, 1.82) is 0 Å². The third-order valence-corrected chi connectivity index (χ3v) is 8.30. The molecule has 1 unspecified atom stereocenters. The zero-order chi connectivity index (χ0) is 23.6. The molecule has 4 N–H and O–H groups in total. The molecule has 0 amide bonds. The topological polar surface area (TPSA) is 136 Å². The molecule has 10 heteroatoms. The van der Waals surface area contributed by atoms with Crippen molar-refractivity contribution in [2.24, 2.45) is 0 Å². The maximum atomic E-state index is 12.8. The Morgan fingerprint density at radius 1 is 1.18 bits per heavy atom. The average molecular weight is 479 g/mol. The standard InChI is InChI=1S/C24H26N6O3S/c1-34(32,33)22-21(15-8-17-4-5-18(9-15)28-17)29-24-19(11-27-30(24)23(22)25)16-7-14-3-2-13(12-31)6-20(14)26-10-16/h2-3,6-7,10-11,15,17-18,28,31H,4-5,8-9,12,25H2,1H3/t15?,17-,18+. The van der Waals surface area contributed by atoms with Crippen LogP contribution >= 0.6 is 0 Å². The van der Waals surface area contributed by atoms with Gasteiger partial charge < -0.3 is 16.2 Å². The van der Waals surface area contributed by atoms with Crippen LogP contribution in [0.1, 0.15) is 42.9 Å². The Hall–Kier alpha value is -3.08. The molecule has 176 valence electrons. The highest BCUT2D eigenvalue weighted by atomic mass is 32.2. The summed E-state index contributed by atoms with van der Waals surface area (Å²) in [6.07, 6.45) is 8.48. The second-order valence-electron chi connectivity index (χ2n) is 9.49. The number of pyridine rings is 1. The first-order valence-corrected chi connectivity index (χ1v) is 13.3. The number of aliphatic hydroxyl groups excluding tert-OH is 1. The Labute approximate surface area is 196 Å². The van der Waals surface area contributed by atoms with Gasteiger partial charge in [0, 0.05) is 47.0 Å².